The second-order valence-electron chi connectivity index (χ2n) is 4.26. The molecular weight excluding hydrogens is 284 g/mol. The predicted octanol–water partition coefficient (Wildman–Crippen LogP) is 1.94. The van der Waals surface area contributed by atoms with Gasteiger partial charge in [0.15, 0.2) is 11.0 Å². The fraction of sp³-hybridized carbons (Fsp3) is 0.250. The van der Waals surface area contributed by atoms with Gasteiger partial charge in [0.1, 0.15) is 0 Å². The molecule has 2 rings (SSSR count). The zero-order valence-electron chi connectivity index (χ0n) is 10.8. The van der Waals surface area contributed by atoms with Gasteiger partial charge in [-0.05, 0) is 38.5 Å². The van der Waals surface area contributed by atoms with Gasteiger partial charge in [-0.25, -0.2) is 4.21 Å². The number of hydrogen-bond acceptors (Lipinski definition) is 4. The lowest BCUT2D eigenvalue weighted by atomic mass is 10.2. The van der Waals surface area contributed by atoms with Crippen LogP contribution < -0.4 is 0 Å². The fourth-order valence-electron chi connectivity index (χ4n) is 1.47. The molecule has 1 heterocycles. The van der Waals surface area contributed by atoms with Crippen LogP contribution in [-0.2, 0) is 21.0 Å². The second kappa shape index (κ2) is 4.90. The number of aryl methyl sites for hydroxylation is 1. The summed E-state index contributed by atoms with van der Waals surface area (Å²) in [6.07, 6.45) is 1.41. The molecule has 0 amide bonds. The summed E-state index contributed by atoms with van der Waals surface area (Å²) in [6.45, 7) is 5.24. The second-order valence-corrected chi connectivity index (χ2v) is 7.71. The van der Waals surface area contributed by atoms with E-state index < -0.39 is 21.0 Å². The minimum absolute atomic E-state index is 0.0796. The first-order valence-electron chi connectivity index (χ1n) is 5.59. The Morgan fingerprint density at radius 2 is 1.68 bits per heavy atom. The number of hydrogen-bond donors (Lipinski definition) is 0. The Labute approximate surface area is 115 Å². The maximum Gasteiger partial charge on any atom is 0.291 e. The van der Waals surface area contributed by atoms with Gasteiger partial charge >= 0.3 is 0 Å². The van der Waals surface area contributed by atoms with Crippen molar-refractivity contribution in [1.29, 1.82) is 0 Å². The van der Waals surface area contributed by atoms with E-state index in [2.05, 4.69) is 5.10 Å². The smallest absolute Gasteiger partial charge is 0.229 e. The van der Waals surface area contributed by atoms with Crippen molar-refractivity contribution in [2.24, 2.45) is 5.10 Å². The van der Waals surface area contributed by atoms with E-state index in [1.165, 1.54) is 18.3 Å². The zero-order valence-corrected chi connectivity index (χ0v) is 12.5. The monoisotopic (exact) mass is 298 g/mol. The molecule has 102 valence electrons. The average Bonchev–Trinajstić information content (AvgIpc) is 2.36. The highest BCUT2D eigenvalue weighted by atomic mass is 32.3. The van der Waals surface area contributed by atoms with Crippen LogP contribution >= 0.6 is 0 Å². The van der Waals surface area contributed by atoms with Gasteiger partial charge in [0.2, 0.25) is 0 Å². The van der Waals surface area contributed by atoms with Gasteiger partial charge in [0, 0.05) is 4.91 Å². The Balaban J connectivity index is 2.45. The van der Waals surface area contributed by atoms with Gasteiger partial charge in [-0.3, -0.25) is 0 Å². The molecule has 7 heteroatoms. The van der Waals surface area contributed by atoms with E-state index in [0.29, 0.717) is 14.3 Å². The first kappa shape index (κ1) is 14.0. The summed E-state index contributed by atoms with van der Waals surface area (Å²) in [5.41, 5.74) is 1.67. The van der Waals surface area contributed by atoms with E-state index in [1.54, 1.807) is 26.0 Å². The number of nitrogens with zero attached hydrogens (tertiary/aromatic N) is 2. The van der Waals surface area contributed by atoms with Crippen molar-refractivity contribution < 1.29 is 12.6 Å². The fourth-order valence-corrected chi connectivity index (χ4v) is 4.31. The highest BCUT2D eigenvalue weighted by Crippen LogP contribution is 2.24. The van der Waals surface area contributed by atoms with Gasteiger partial charge in [-0.2, -0.15) is 13.5 Å². The number of allylic oxidation sites excluding steroid dienone is 2. The van der Waals surface area contributed by atoms with Crippen LogP contribution in [0.25, 0.3) is 0 Å². The summed E-state index contributed by atoms with van der Waals surface area (Å²) in [6, 6.07) is 6.35. The van der Waals surface area contributed by atoms with Gasteiger partial charge in [-0.15, -0.1) is 0 Å². The first-order valence-corrected chi connectivity index (χ1v) is 8.14. The molecule has 19 heavy (non-hydrogen) atoms. The molecule has 0 aliphatic carbocycles. The molecule has 1 aliphatic rings. The molecule has 0 fully saturated rings. The molecule has 0 radical (unpaired) electrons. The van der Waals surface area contributed by atoms with Crippen LogP contribution in [0.3, 0.4) is 0 Å². The number of rotatable bonds is 2. The van der Waals surface area contributed by atoms with Crippen LogP contribution in [0, 0.1) is 6.92 Å². The SMILES string of the molecule is CC1=C(C)S(=O)N(S(=O)(=O)c2ccc(C)cc2)N=C1. The standard InChI is InChI=1S/C12H14N2O3S2/c1-9-4-6-12(7-5-9)19(16,17)14-13-8-10(2)11(3)18(14)15/h4-8H,1-3H3. The van der Waals surface area contributed by atoms with Gasteiger partial charge < -0.3 is 0 Å². The van der Waals surface area contributed by atoms with E-state index in [0.717, 1.165) is 5.56 Å². The molecule has 1 aliphatic heterocycles. The molecule has 0 N–H and O–H groups in total. The van der Waals surface area contributed by atoms with Crippen LogP contribution in [0.4, 0.5) is 0 Å². The topological polar surface area (TPSA) is 66.8 Å². The molecule has 0 saturated heterocycles. The van der Waals surface area contributed by atoms with Crippen molar-refractivity contribution in [2.75, 3.05) is 0 Å². The third kappa shape index (κ3) is 2.48. The lowest BCUT2D eigenvalue weighted by Crippen LogP contribution is -2.31. The number of hydrazone groups is 1. The summed E-state index contributed by atoms with van der Waals surface area (Å²) in [5.74, 6) is 0. The van der Waals surface area contributed by atoms with Gasteiger partial charge in [0.05, 0.1) is 11.1 Å². The van der Waals surface area contributed by atoms with Gasteiger partial charge in [-0.1, -0.05) is 21.5 Å². The number of benzene rings is 1. The predicted molar refractivity (Wildman–Crippen MR) is 75.2 cm³/mol. The van der Waals surface area contributed by atoms with Crippen LogP contribution in [0.1, 0.15) is 19.4 Å². The molecule has 1 aromatic rings. The van der Waals surface area contributed by atoms with Crippen molar-refractivity contribution in [1.82, 2.24) is 3.82 Å². The van der Waals surface area contributed by atoms with E-state index in [4.69, 9.17) is 0 Å². The zero-order chi connectivity index (χ0) is 14.2. The summed E-state index contributed by atoms with van der Waals surface area (Å²) in [4.78, 5) is 0.571. The Morgan fingerprint density at radius 1 is 1.11 bits per heavy atom. The highest BCUT2D eigenvalue weighted by Gasteiger charge is 2.31. The number of sulfonamides is 1. The van der Waals surface area contributed by atoms with E-state index in [-0.39, 0.29) is 4.90 Å². The Bertz CT molecular complexity index is 688. The van der Waals surface area contributed by atoms with E-state index in [1.807, 2.05) is 6.92 Å². The Kier molecular flexibility index (Phi) is 3.60. The molecule has 0 spiro atoms. The van der Waals surface area contributed by atoms with Crippen molar-refractivity contribution >= 4 is 27.2 Å². The summed E-state index contributed by atoms with van der Waals surface area (Å²) < 4.78 is 37.5. The third-order valence-corrected chi connectivity index (χ3v) is 6.42. The van der Waals surface area contributed by atoms with E-state index in [9.17, 15) is 12.6 Å². The summed E-state index contributed by atoms with van der Waals surface area (Å²) >= 11 is 0. The molecule has 0 bridgehead atoms. The first-order chi connectivity index (χ1) is 8.84. The molecule has 0 aromatic heterocycles. The average molecular weight is 298 g/mol. The summed E-state index contributed by atoms with van der Waals surface area (Å²) in [5, 5.41) is 3.77. The van der Waals surface area contributed by atoms with Crippen LogP contribution in [-0.4, -0.2) is 22.7 Å². The Morgan fingerprint density at radius 3 is 2.26 bits per heavy atom. The van der Waals surface area contributed by atoms with Crippen molar-refractivity contribution in [3.05, 3.63) is 40.3 Å². The Hall–Kier alpha value is -1.47. The van der Waals surface area contributed by atoms with E-state index >= 15 is 0 Å². The maximum absolute atomic E-state index is 12.4. The third-order valence-electron chi connectivity index (χ3n) is 2.83. The summed E-state index contributed by atoms with van der Waals surface area (Å²) in [7, 11) is -5.68. The lowest BCUT2D eigenvalue weighted by Gasteiger charge is -2.21. The van der Waals surface area contributed by atoms with Crippen molar-refractivity contribution in [3.8, 4) is 0 Å². The molecule has 1 aromatic carbocycles. The van der Waals surface area contributed by atoms with Crippen molar-refractivity contribution in [2.45, 2.75) is 25.7 Å². The minimum Gasteiger partial charge on any atom is -0.229 e. The lowest BCUT2D eigenvalue weighted by molar-refractivity contribution is 0.540. The van der Waals surface area contributed by atoms with Crippen LogP contribution in [0.15, 0.2) is 44.7 Å². The molecule has 0 saturated carbocycles. The largest absolute Gasteiger partial charge is 0.291 e. The van der Waals surface area contributed by atoms with Crippen molar-refractivity contribution in [3.63, 3.8) is 0 Å². The van der Waals surface area contributed by atoms with Crippen LogP contribution in [0.2, 0.25) is 0 Å². The molecule has 1 unspecified atom stereocenters. The van der Waals surface area contributed by atoms with Gasteiger partial charge in [0.25, 0.3) is 10.0 Å². The highest BCUT2D eigenvalue weighted by molar-refractivity contribution is 8.02. The molecule has 5 nitrogen and oxygen atoms in total. The van der Waals surface area contributed by atoms with Crippen LogP contribution in [0.5, 0.6) is 0 Å². The quantitative estimate of drug-likeness (QED) is 0.838. The normalized spacial score (nSPS) is 19.9. The maximum atomic E-state index is 12.4. The molecule has 1 atom stereocenters. The minimum atomic E-state index is -3.88. The molecular formula is C12H14N2O3S2.